The number of amides is 2. The van der Waals surface area contributed by atoms with Crippen LogP contribution in [0.2, 0.25) is 0 Å². The summed E-state index contributed by atoms with van der Waals surface area (Å²) < 4.78 is 0. The molecule has 0 unspecified atom stereocenters. The third-order valence-corrected chi connectivity index (χ3v) is 7.91. The molecule has 2 amide bonds. The summed E-state index contributed by atoms with van der Waals surface area (Å²) in [6.45, 7) is 9.26. The molecule has 10 heteroatoms. The van der Waals surface area contributed by atoms with Crippen LogP contribution < -0.4 is 11.1 Å². The molecule has 3 heterocycles. The van der Waals surface area contributed by atoms with Crippen LogP contribution in [0.1, 0.15) is 61.2 Å². The van der Waals surface area contributed by atoms with Crippen molar-refractivity contribution in [3.63, 3.8) is 0 Å². The topological polar surface area (TPSA) is 128 Å². The first-order chi connectivity index (χ1) is 18.2. The van der Waals surface area contributed by atoms with E-state index in [1.54, 1.807) is 0 Å². The Morgan fingerprint density at radius 1 is 1.32 bits per heavy atom. The number of likely N-dealkylation sites (N-methyl/N-ethyl adjacent to an activating group) is 1. The largest absolute Gasteiger partial charge is 0.396 e. The van der Waals surface area contributed by atoms with E-state index in [1.165, 1.54) is 78.1 Å². The molecule has 0 bridgehead atoms. The maximum Gasteiger partial charge on any atom is 0.314 e. The molecule has 206 valence electrons. The molecule has 2 aromatic rings. The smallest absolute Gasteiger partial charge is 0.314 e. The molecule has 1 aliphatic carbocycles. The first-order valence-corrected chi connectivity index (χ1v) is 14.2. The number of fused-ring (bicyclic) bond motifs is 1. The number of aryl methyl sites for hydroxylation is 1. The lowest BCUT2D eigenvalue weighted by atomic mass is 9.94. The lowest BCUT2D eigenvalue weighted by molar-refractivity contribution is -0.143. The summed E-state index contributed by atoms with van der Waals surface area (Å²) in [5, 5.41) is 11.0. The molecule has 4 N–H and O–H groups in total. The number of anilines is 2. The highest BCUT2D eigenvalue weighted by molar-refractivity contribution is 7.11. The maximum absolute atomic E-state index is 12.1. The number of nitrogen functional groups attached to an aromatic ring is 1. The summed E-state index contributed by atoms with van der Waals surface area (Å²) >= 11 is 1.95. The van der Waals surface area contributed by atoms with E-state index >= 15 is 0 Å². The molecule has 1 aliphatic heterocycles. The second-order valence-electron chi connectivity index (χ2n) is 10.3. The van der Waals surface area contributed by atoms with Gasteiger partial charge >= 0.3 is 11.8 Å². The van der Waals surface area contributed by atoms with Gasteiger partial charge in [-0.05, 0) is 70.7 Å². The first kappa shape index (κ1) is 29.4. The van der Waals surface area contributed by atoms with Crippen molar-refractivity contribution in [2.75, 3.05) is 44.3 Å². The van der Waals surface area contributed by atoms with Crippen LogP contribution in [0.25, 0.3) is 6.08 Å². The molecule has 0 saturated carbocycles. The number of carbonyl (C=O) groups is 2. The minimum atomic E-state index is -0.756. The molecular formula is C28H41N7O2S. The van der Waals surface area contributed by atoms with Crippen LogP contribution in [0, 0.1) is 17.2 Å². The maximum atomic E-state index is 12.1. The van der Waals surface area contributed by atoms with Crippen LogP contribution >= 0.6 is 11.3 Å². The van der Waals surface area contributed by atoms with E-state index in [-0.39, 0.29) is 17.3 Å². The molecule has 1 saturated heterocycles. The number of hydrogen-bond acceptors (Lipinski definition) is 8. The second kappa shape index (κ2) is 14.2. The SMILES string of the molecule is CCN(CC(C)C)C(=O)C(=O)Nc1cncc(C=N)c1N.CN1CCC(Cc2nc3c(s2)CCC=C3)CC1. The number of nitrogens with zero attached hydrogens (tertiary/aromatic N) is 4. The van der Waals surface area contributed by atoms with E-state index < -0.39 is 11.8 Å². The van der Waals surface area contributed by atoms with E-state index in [2.05, 4.69) is 34.4 Å². The monoisotopic (exact) mass is 539 g/mol. The fraction of sp³-hybridized carbons (Fsp3) is 0.536. The number of allylic oxidation sites excluding steroid dienone is 1. The Morgan fingerprint density at radius 2 is 2.05 bits per heavy atom. The van der Waals surface area contributed by atoms with Crippen molar-refractivity contribution in [3.05, 3.63) is 39.6 Å². The zero-order valence-electron chi connectivity index (χ0n) is 23.0. The van der Waals surface area contributed by atoms with Gasteiger partial charge in [0, 0.05) is 42.4 Å². The number of pyridine rings is 1. The molecule has 0 aromatic carbocycles. The van der Waals surface area contributed by atoms with Gasteiger partial charge in [-0.15, -0.1) is 11.3 Å². The van der Waals surface area contributed by atoms with Crippen LogP contribution in [0.4, 0.5) is 11.4 Å². The Hall–Kier alpha value is -3.11. The van der Waals surface area contributed by atoms with E-state index in [4.69, 9.17) is 16.1 Å². The summed E-state index contributed by atoms with van der Waals surface area (Å²) in [4.78, 5) is 38.2. The molecule has 0 radical (unpaired) electrons. The lowest BCUT2D eigenvalue weighted by Crippen LogP contribution is -2.41. The highest BCUT2D eigenvalue weighted by atomic mass is 32.1. The van der Waals surface area contributed by atoms with Crippen LogP contribution in [0.3, 0.4) is 0 Å². The van der Waals surface area contributed by atoms with Crippen molar-refractivity contribution >= 4 is 46.8 Å². The molecule has 0 spiro atoms. The standard InChI is InChI=1S/C14H21N5O2.C14H20N2S/c1-4-19(8-9(2)3)14(21)13(20)18-11-7-17-6-10(5-15)12(11)16;1-16-8-6-11(7-9-16)10-14-15-12-4-2-3-5-13(12)17-14/h5-7,9,15H,4,8H2,1-3H3,(H2,16,17)(H,18,20);2,4,11H,3,5-10H2,1H3. The third-order valence-electron chi connectivity index (χ3n) is 6.76. The zero-order chi connectivity index (χ0) is 27.7. The van der Waals surface area contributed by atoms with Crippen molar-refractivity contribution in [2.24, 2.45) is 11.8 Å². The van der Waals surface area contributed by atoms with Gasteiger partial charge in [0.05, 0.1) is 28.3 Å². The number of likely N-dealkylation sites (tertiary alicyclic amines) is 1. The van der Waals surface area contributed by atoms with Gasteiger partial charge in [-0.25, -0.2) is 4.98 Å². The summed E-state index contributed by atoms with van der Waals surface area (Å²) in [6.07, 6.45) is 14.6. The summed E-state index contributed by atoms with van der Waals surface area (Å²) in [5.74, 6) is -0.226. The van der Waals surface area contributed by atoms with Gasteiger partial charge in [-0.2, -0.15) is 0 Å². The van der Waals surface area contributed by atoms with E-state index in [0.29, 0.717) is 18.7 Å². The fourth-order valence-corrected chi connectivity index (χ4v) is 5.74. The molecule has 4 rings (SSSR count). The lowest BCUT2D eigenvalue weighted by Gasteiger charge is -2.28. The van der Waals surface area contributed by atoms with Crippen LogP contribution in [0.5, 0.6) is 0 Å². The normalized spacial score (nSPS) is 15.4. The van der Waals surface area contributed by atoms with Gasteiger partial charge in [-0.1, -0.05) is 19.9 Å². The number of nitrogens with two attached hydrogens (primary N) is 1. The first-order valence-electron chi connectivity index (χ1n) is 13.4. The quantitative estimate of drug-likeness (QED) is 0.359. The molecule has 9 nitrogen and oxygen atoms in total. The predicted molar refractivity (Wildman–Crippen MR) is 156 cm³/mol. The number of hydrogen-bond donors (Lipinski definition) is 3. The summed E-state index contributed by atoms with van der Waals surface area (Å²) in [7, 11) is 2.23. The molecule has 2 aliphatic rings. The van der Waals surface area contributed by atoms with Crippen molar-refractivity contribution in [2.45, 2.75) is 52.9 Å². The van der Waals surface area contributed by atoms with Gasteiger partial charge in [0.15, 0.2) is 0 Å². The molecule has 1 fully saturated rings. The minimum Gasteiger partial charge on any atom is -0.396 e. The van der Waals surface area contributed by atoms with Crippen LogP contribution in [-0.4, -0.2) is 71.0 Å². The molecular weight excluding hydrogens is 498 g/mol. The number of carbonyl (C=O) groups excluding carboxylic acids is 2. The van der Waals surface area contributed by atoms with Crippen molar-refractivity contribution in [1.82, 2.24) is 19.8 Å². The van der Waals surface area contributed by atoms with Crippen molar-refractivity contribution < 1.29 is 9.59 Å². The Bertz CT molecular complexity index is 1140. The Morgan fingerprint density at radius 3 is 2.68 bits per heavy atom. The highest BCUT2D eigenvalue weighted by Crippen LogP contribution is 2.29. The van der Waals surface area contributed by atoms with E-state index in [1.807, 2.05) is 32.1 Å². The highest BCUT2D eigenvalue weighted by Gasteiger charge is 2.22. The molecule has 2 aromatic heterocycles. The fourth-order valence-electron chi connectivity index (χ4n) is 4.55. The Labute approximate surface area is 230 Å². The number of rotatable bonds is 7. The van der Waals surface area contributed by atoms with Gasteiger partial charge in [0.1, 0.15) is 0 Å². The van der Waals surface area contributed by atoms with Crippen molar-refractivity contribution in [1.29, 1.82) is 5.41 Å². The number of aromatic nitrogens is 2. The number of piperidine rings is 1. The van der Waals surface area contributed by atoms with Gasteiger partial charge < -0.3 is 26.3 Å². The molecule has 38 heavy (non-hydrogen) atoms. The average molecular weight is 540 g/mol. The van der Waals surface area contributed by atoms with Gasteiger partial charge in [0.2, 0.25) is 0 Å². The summed E-state index contributed by atoms with van der Waals surface area (Å²) in [5.41, 5.74) is 7.89. The van der Waals surface area contributed by atoms with Gasteiger partial charge in [0.25, 0.3) is 0 Å². The second-order valence-corrected chi connectivity index (χ2v) is 11.5. The zero-order valence-corrected chi connectivity index (χ0v) is 23.8. The van der Waals surface area contributed by atoms with E-state index in [0.717, 1.165) is 12.1 Å². The van der Waals surface area contributed by atoms with Crippen molar-refractivity contribution in [3.8, 4) is 0 Å². The Kier molecular flexibility index (Phi) is 11.0. The average Bonchev–Trinajstić information content (AvgIpc) is 3.32. The number of thiazole rings is 1. The Balaban J connectivity index is 0.000000214. The predicted octanol–water partition coefficient (Wildman–Crippen LogP) is 4.09. The molecule has 0 atom stereocenters. The van der Waals surface area contributed by atoms with E-state index in [9.17, 15) is 9.59 Å². The minimum absolute atomic E-state index is 0.216. The van der Waals surface area contributed by atoms with Gasteiger partial charge in [-0.3, -0.25) is 14.6 Å². The van der Waals surface area contributed by atoms with Crippen LogP contribution in [-0.2, 0) is 22.4 Å². The third kappa shape index (κ3) is 8.19. The number of nitrogens with one attached hydrogen (secondary N) is 2. The van der Waals surface area contributed by atoms with Crippen LogP contribution in [0.15, 0.2) is 18.5 Å². The summed E-state index contributed by atoms with van der Waals surface area (Å²) in [6, 6.07) is 0.